The normalized spacial score (nSPS) is 46.6. The van der Waals surface area contributed by atoms with Gasteiger partial charge in [0, 0.05) is 31.6 Å². The zero-order valence-corrected chi connectivity index (χ0v) is 18.7. The van der Waals surface area contributed by atoms with Crippen LogP contribution >= 0.6 is 0 Å². The smallest absolute Gasteiger partial charge is 0.302 e. The fourth-order valence-corrected chi connectivity index (χ4v) is 8.37. The molecule has 4 rings (SSSR count). The Hall–Kier alpha value is -1.19. The Labute approximate surface area is 175 Å². The van der Waals surface area contributed by atoms with E-state index in [4.69, 9.17) is 4.74 Å². The number of hydrogen-bond donors (Lipinski definition) is 0. The highest BCUT2D eigenvalue weighted by Gasteiger charge is 2.64. The first-order chi connectivity index (χ1) is 13.7. The van der Waals surface area contributed by atoms with E-state index in [0.717, 1.165) is 38.5 Å². The highest BCUT2D eigenvalue weighted by molar-refractivity contribution is 5.88. The molecule has 4 saturated carbocycles. The van der Waals surface area contributed by atoms with E-state index in [1.807, 2.05) is 0 Å². The lowest BCUT2D eigenvalue weighted by molar-refractivity contribution is -0.169. The maximum atomic E-state index is 13.8. The van der Waals surface area contributed by atoms with Crippen molar-refractivity contribution in [1.82, 2.24) is 0 Å². The molecule has 4 aliphatic rings. The molecule has 29 heavy (non-hydrogen) atoms. The van der Waals surface area contributed by atoms with Crippen molar-refractivity contribution >= 4 is 17.5 Å². The summed E-state index contributed by atoms with van der Waals surface area (Å²) in [5.41, 5.74) is 0.327. The number of ketones is 2. The van der Waals surface area contributed by atoms with Crippen LogP contribution in [0.2, 0.25) is 0 Å². The minimum absolute atomic E-state index is 0.0629. The third-order valence-electron chi connectivity index (χ3n) is 9.94. The molecular weight excluding hydrogens is 364 g/mol. The molecule has 0 spiro atoms. The molecule has 0 aromatic carbocycles. The summed E-state index contributed by atoms with van der Waals surface area (Å²) in [5.74, 6) is 2.58. The van der Waals surface area contributed by atoms with Gasteiger partial charge in [-0.1, -0.05) is 20.8 Å². The number of carbonyl (C=O) groups excluding carboxylic acids is 3. The molecule has 0 N–H and O–H groups in total. The summed E-state index contributed by atoms with van der Waals surface area (Å²) in [7, 11) is 0. The van der Waals surface area contributed by atoms with E-state index in [2.05, 4.69) is 20.8 Å². The largest absolute Gasteiger partial charge is 0.466 e. The summed E-state index contributed by atoms with van der Waals surface area (Å²) in [6.45, 7) is 8.94. The van der Waals surface area contributed by atoms with Crippen LogP contribution in [0.1, 0.15) is 85.5 Å². The number of rotatable bonds is 4. The van der Waals surface area contributed by atoms with Crippen LogP contribution in [0.3, 0.4) is 0 Å². The van der Waals surface area contributed by atoms with Gasteiger partial charge in [0.05, 0.1) is 6.61 Å². The molecule has 4 aliphatic carbocycles. The third kappa shape index (κ3) is 3.20. The molecule has 0 radical (unpaired) electrons. The minimum Gasteiger partial charge on any atom is -0.466 e. The van der Waals surface area contributed by atoms with Gasteiger partial charge in [-0.15, -0.1) is 0 Å². The van der Waals surface area contributed by atoms with E-state index >= 15 is 0 Å². The summed E-state index contributed by atoms with van der Waals surface area (Å²) < 4.78 is 5.25. The molecule has 0 saturated heterocycles. The molecule has 8 atom stereocenters. The van der Waals surface area contributed by atoms with Crippen LogP contribution in [0, 0.1) is 46.3 Å². The molecule has 162 valence electrons. The first kappa shape index (κ1) is 21.1. The Balaban J connectivity index is 1.61. The molecule has 0 aromatic heterocycles. The average Bonchev–Trinajstić information content (AvgIpc) is 3.00. The fourth-order valence-electron chi connectivity index (χ4n) is 8.37. The van der Waals surface area contributed by atoms with Crippen LogP contribution in [0.5, 0.6) is 0 Å². The van der Waals surface area contributed by atoms with Crippen molar-refractivity contribution in [3.63, 3.8) is 0 Å². The van der Waals surface area contributed by atoms with E-state index in [-0.39, 0.29) is 34.6 Å². The Bertz CT molecular complexity index is 699. The molecule has 0 aliphatic heterocycles. The van der Waals surface area contributed by atoms with Gasteiger partial charge >= 0.3 is 5.97 Å². The van der Waals surface area contributed by atoms with Crippen LogP contribution in [0.25, 0.3) is 0 Å². The molecule has 4 nitrogen and oxygen atoms in total. The number of ether oxygens (including phenoxy) is 1. The minimum atomic E-state index is -0.201. The summed E-state index contributed by atoms with van der Waals surface area (Å²) in [6.07, 6.45) is 8.65. The van der Waals surface area contributed by atoms with Crippen molar-refractivity contribution in [1.29, 1.82) is 0 Å². The Morgan fingerprint density at radius 2 is 1.76 bits per heavy atom. The number of Topliss-reactive ketones (excluding diaryl/α,β-unsaturated/α-hetero) is 2. The van der Waals surface area contributed by atoms with Gasteiger partial charge in [0.2, 0.25) is 0 Å². The van der Waals surface area contributed by atoms with Gasteiger partial charge in [-0.2, -0.15) is 0 Å². The van der Waals surface area contributed by atoms with E-state index in [0.29, 0.717) is 48.8 Å². The van der Waals surface area contributed by atoms with E-state index in [9.17, 15) is 14.4 Å². The SMILES string of the molecule is CC[C@H]1C(=O)C2C(CC[C@@]3(C)C2CC[C@@H]3CCOC(C)=O)[C@@]2(C)CCC(=O)CC12. The maximum Gasteiger partial charge on any atom is 0.302 e. The Kier molecular flexibility index (Phi) is 5.44. The van der Waals surface area contributed by atoms with Crippen molar-refractivity contribution in [2.24, 2.45) is 46.3 Å². The van der Waals surface area contributed by atoms with E-state index in [1.54, 1.807) is 0 Å². The van der Waals surface area contributed by atoms with Gasteiger partial charge in [-0.25, -0.2) is 0 Å². The van der Waals surface area contributed by atoms with Gasteiger partial charge in [0.1, 0.15) is 11.6 Å². The Morgan fingerprint density at radius 1 is 1.03 bits per heavy atom. The number of carbonyl (C=O) groups is 3. The number of esters is 1. The molecular formula is C25H38O4. The predicted molar refractivity (Wildman–Crippen MR) is 111 cm³/mol. The third-order valence-corrected chi connectivity index (χ3v) is 9.94. The van der Waals surface area contributed by atoms with E-state index < -0.39 is 0 Å². The molecule has 0 bridgehead atoms. The van der Waals surface area contributed by atoms with Crippen molar-refractivity contribution in [3.05, 3.63) is 0 Å². The maximum absolute atomic E-state index is 13.8. The summed E-state index contributed by atoms with van der Waals surface area (Å²) in [4.78, 5) is 37.3. The summed E-state index contributed by atoms with van der Waals surface area (Å²) in [5, 5.41) is 0. The van der Waals surface area contributed by atoms with Crippen molar-refractivity contribution in [3.8, 4) is 0 Å². The summed E-state index contributed by atoms with van der Waals surface area (Å²) in [6, 6.07) is 0. The van der Waals surface area contributed by atoms with Gasteiger partial charge < -0.3 is 4.74 Å². The van der Waals surface area contributed by atoms with Gasteiger partial charge in [0.25, 0.3) is 0 Å². The topological polar surface area (TPSA) is 60.4 Å². The van der Waals surface area contributed by atoms with Gasteiger partial charge in [-0.05, 0) is 79.4 Å². The molecule has 4 unspecified atom stereocenters. The highest BCUT2D eigenvalue weighted by atomic mass is 16.5. The average molecular weight is 403 g/mol. The first-order valence-corrected chi connectivity index (χ1v) is 11.9. The first-order valence-electron chi connectivity index (χ1n) is 11.9. The van der Waals surface area contributed by atoms with Crippen LogP contribution in [0.4, 0.5) is 0 Å². The molecule has 4 fully saturated rings. The van der Waals surface area contributed by atoms with Crippen LogP contribution < -0.4 is 0 Å². The highest BCUT2D eigenvalue weighted by Crippen LogP contribution is 2.67. The zero-order chi connectivity index (χ0) is 21.0. The lowest BCUT2D eigenvalue weighted by atomic mass is 9.42. The van der Waals surface area contributed by atoms with Crippen LogP contribution in [-0.4, -0.2) is 24.1 Å². The molecule has 0 aromatic rings. The standard InChI is InChI=1S/C25H38O4/c1-5-18-21-14-17(27)8-11-25(21,4)20-9-12-24(3)16(10-13-29-15(2)26)6-7-19(24)22(20)23(18)28/h16,18-22H,5-14H2,1-4H3/t16-,18-,19?,20?,21?,22?,24-,25-/m1/s1. The second-order valence-corrected chi connectivity index (χ2v) is 11.0. The Morgan fingerprint density at radius 3 is 2.45 bits per heavy atom. The van der Waals surface area contributed by atoms with Crippen molar-refractivity contribution in [2.45, 2.75) is 85.5 Å². The fraction of sp³-hybridized carbons (Fsp3) is 0.880. The van der Waals surface area contributed by atoms with Crippen LogP contribution in [-0.2, 0) is 19.1 Å². The second-order valence-electron chi connectivity index (χ2n) is 11.0. The zero-order valence-electron chi connectivity index (χ0n) is 18.7. The van der Waals surface area contributed by atoms with Crippen molar-refractivity contribution < 1.29 is 19.1 Å². The van der Waals surface area contributed by atoms with Gasteiger partial charge in [-0.3, -0.25) is 14.4 Å². The van der Waals surface area contributed by atoms with Crippen LogP contribution in [0.15, 0.2) is 0 Å². The lowest BCUT2D eigenvalue weighted by Gasteiger charge is -2.61. The lowest BCUT2D eigenvalue weighted by Crippen LogP contribution is -2.60. The molecule has 0 amide bonds. The molecule has 4 heteroatoms. The van der Waals surface area contributed by atoms with Gasteiger partial charge in [0.15, 0.2) is 0 Å². The monoisotopic (exact) mass is 402 g/mol. The number of hydrogen-bond acceptors (Lipinski definition) is 4. The molecule has 0 heterocycles. The van der Waals surface area contributed by atoms with E-state index in [1.165, 1.54) is 13.3 Å². The predicted octanol–water partition coefficient (Wildman–Crippen LogP) is 4.98. The number of fused-ring (bicyclic) bond motifs is 5. The quantitative estimate of drug-likeness (QED) is 0.622. The second kappa shape index (κ2) is 7.50. The summed E-state index contributed by atoms with van der Waals surface area (Å²) >= 11 is 0. The van der Waals surface area contributed by atoms with Crippen molar-refractivity contribution in [2.75, 3.05) is 6.61 Å².